The lowest BCUT2D eigenvalue weighted by Gasteiger charge is -2.13. The van der Waals surface area contributed by atoms with Crippen molar-refractivity contribution in [2.45, 2.75) is 18.4 Å². The number of sulfonamides is 1. The fourth-order valence-electron chi connectivity index (χ4n) is 3.65. The van der Waals surface area contributed by atoms with E-state index in [-0.39, 0.29) is 22.1 Å². The molecule has 3 N–H and O–H groups in total. The van der Waals surface area contributed by atoms with Crippen molar-refractivity contribution in [2.75, 3.05) is 10.1 Å². The van der Waals surface area contributed by atoms with Gasteiger partial charge in [-0.25, -0.2) is 17.9 Å². The first-order chi connectivity index (χ1) is 19.0. The van der Waals surface area contributed by atoms with E-state index < -0.39 is 31.5 Å². The quantitative estimate of drug-likeness (QED) is 0.123. The summed E-state index contributed by atoms with van der Waals surface area (Å²) in [5.41, 5.74) is 3.38. The number of nitro benzene ring substituents is 1. The number of anilines is 2. The van der Waals surface area contributed by atoms with Gasteiger partial charge in [0.15, 0.2) is 0 Å². The summed E-state index contributed by atoms with van der Waals surface area (Å²) >= 11 is 12.4. The smallest absolute Gasteiger partial charge is 0.337 e. The van der Waals surface area contributed by atoms with Gasteiger partial charge in [-0.05, 0) is 42.8 Å². The van der Waals surface area contributed by atoms with Gasteiger partial charge in [0.05, 0.1) is 45.9 Å². The van der Waals surface area contributed by atoms with Crippen molar-refractivity contribution in [2.24, 2.45) is 5.10 Å². The largest absolute Gasteiger partial charge is 0.478 e. The fraction of sp³-hybridized carbons (Fsp3) is 0.0800. The minimum atomic E-state index is -4.51. The number of aryl methyl sites for hydroxylation is 1. The zero-order valence-electron chi connectivity index (χ0n) is 20.6. The van der Waals surface area contributed by atoms with E-state index in [0.717, 1.165) is 17.7 Å². The van der Waals surface area contributed by atoms with Crippen molar-refractivity contribution in [3.05, 3.63) is 109 Å². The minimum absolute atomic E-state index is 0.107. The summed E-state index contributed by atoms with van der Waals surface area (Å²) in [5, 5.41) is 30.1. The number of benzene rings is 3. The number of aromatic carboxylic acids is 1. The Morgan fingerprint density at radius 1 is 1.12 bits per heavy atom. The van der Waals surface area contributed by atoms with Crippen molar-refractivity contribution in [1.29, 1.82) is 0 Å². The molecule has 0 unspecified atom stereocenters. The van der Waals surface area contributed by atoms with Gasteiger partial charge < -0.3 is 5.11 Å². The number of carbonyl (C=O) groups is 1. The summed E-state index contributed by atoms with van der Waals surface area (Å²) in [6.45, 7) is 2.09. The van der Waals surface area contributed by atoms with Crippen LogP contribution in [0.5, 0.6) is 0 Å². The maximum atomic E-state index is 13.3. The lowest BCUT2D eigenvalue weighted by Crippen LogP contribution is -2.17. The van der Waals surface area contributed by atoms with Crippen LogP contribution in [-0.4, -0.2) is 40.4 Å². The van der Waals surface area contributed by atoms with Gasteiger partial charge in [0.1, 0.15) is 10.0 Å². The van der Waals surface area contributed by atoms with Crippen molar-refractivity contribution in [1.82, 2.24) is 9.78 Å². The Morgan fingerprint density at radius 2 is 1.82 bits per heavy atom. The van der Waals surface area contributed by atoms with E-state index in [1.54, 1.807) is 23.7 Å². The second-order valence-corrected chi connectivity index (χ2v) is 10.8. The summed E-state index contributed by atoms with van der Waals surface area (Å²) in [6, 6.07) is 15.6. The molecular formula is C25H20Cl2N6O6S. The Kier molecular flexibility index (Phi) is 8.38. The van der Waals surface area contributed by atoms with E-state index >= 15 is 0 Å². The topological polar surface area (TPSA) is 169 Å². The molecule has 12 nitrogen and oxygen atoms in total. The normalized spacial score (nSPS) is 11.5. The molecule has 4 aromatic rings. The second-order valence-electron chi connectivity index (χ2n) is 8.34. The molecule has 206 valence electrons. The molecular weight excluding hydrogens is 583 g/mol. The SMILES string of the molecule is Cc1nn(Cc2ccc(Cl)cc2)c(Cl)c1C=NNc1ccc([N+](=O)[O-])cc1S(=O)(=O)Nc1ccccc1C(=O)O. The summed E-state index contributed by atoms with van der Waals surface area (Å²) in [4.78, 5) is 21.6. The number of nitrogens with one attached hydrogen (secondary N) is 2. The van der Waals surface area contributed by atoms with Crippen LogP contribution in [0.1, 0.15) is 27.2 Å². The predicted octanol–water partition coefficient (Wildman–Crippen LogP) is 5.40. The van der Waals surface area contributed by atoms with Gasteiger partial charge >= 0.3 is 5.97 Å². The first kappa shape index (κ1) is 28.5. The summed E-state index contributed by atoms with van der Waals surface area (Å²) in [6.07, 6.45) is 1.34. The molecule has 0 aliphatic carbocycles. The number of para-hydroxylation sites is 1. The lowest BCUT2D eigenvalue weighted by molar-refractivity contribution is -0.385. The van der Waals surface area contributed by atoms with Gasteiger partial charge in [-0.2, -0.15) is 10.2 Å². The number of carboxylic acids is 1. The van der Waals surface area contributed by atoms with Crippen molar-refractivity contribution in [3.8, 4) is 0 Å². The van der Waals surface area contributed by atoms with Crippen LogP contribution in [0.3, 0.4) is 0 Å². The number of carboxylic acid groups (broad SMARTS) is 1. The molecule has 4 rings (SSSR count). The van der Waals surface area contributed by atoms with E-state index in [4.69, 9.17) is 23.2 Å². The average molecular weight is 603 g/mol. The van der Waals surface area contributed by atoms with Crippen molar-refractivity contribution < 1.29 is 23.2 Å². The van der Waals surface area contributed by atoms with Gasteiger partial charge in [-0.1, -0.05) is 47.5 Å². The molecule has 0 aliphatic heterocycles. The van der Waals surface area contributed by atoms with E-state index in [9.17, 15) is 28.4 Å². The highest BCUT2D eigenvalue weighted by molar-refractivity contribution is 7.93. The number of nitrogens with zero attached hydrogens (tertiary/aromatic N) is 4. The van der Waals surface area contributed by atoms with Gasteiger partial charge in [-0.3, -0.25) is 20.3 Å². The maximum absolute atomic E-state index is 13.3. The number of aromatic nitrogens is 2. The predicted molar refractivity (Wildman–Crippen MR) is 151 cm³/mol. The third kappa shape index (κ3) is 6.39. The Labute approximate surface area is 238 Å². The number of nitro groups is 1. The maximum Gasteiger partial charge on any atom is 0.337 e. The van der Waals surface area contributed by atoms with Gasteiger partial charge in [0.25, 0.3) is 15.7 Å². The van der Waals surface area contributed by atoms with Gasteiger partial charge in [0, 0.05) is 17.2 Å². The first-order valence-electron chi connectivity index (χ1n) is 11.4. The fourth-order valence-corrected chi connectivity index (χ4v) is 5.31. The van der Waals surface area contributed by atoms with Crippen LogP contribution in [0.25, 0.3) is 0 Å². The van der Waals surface area contributed by atoms with E-state index in [1.807, 2.05) is 12.1 Å². The molecule has 0 fully saturated rings. The standard InChI is InChI=1S/C25H20Cl2N6O6S/c1-15-20(24(27)32(30-15)14-16-6-8-17(26)9-7-16)13-28-29-22-11-10-18(33(36)37)12-23(22)40(38,39)31-21-5-3-2-4-19(21)25(34)35/h2-13,29,31H,14H2,1H3,(H,34,35). The van der Waals surface area contributed by atoms with Crippen LogP contribution in [0.15, 0.2) is 76.7 Å². The zero-order valence-corrected chi connectivity index (χ0v) is 22.9. The lowest BCUT2D eigenvalue weighted by atomic mass is 10.2. The molecule has 0 saturated carbocycles. The van der Waals surface area contributed by atoms with Crippen molar-refractivity contribution >= 4 is 62.5 Å². The summed E-state index contributed by atoms with van der Waals surface area (Å²) < 4.78 is 30.2. The number of rotatable bonds is 10. The van der Waals surface area contributed by atoms with Crippen LogP contribution in [0.4, 0.5) is 17.1 Å². The molecule has 0 aliphatic rings. The number of hydrogen-bond donors (Lipinski definition) is 3. The molecule has 0 radical (unpaired) electrons. The number of hydrogen-bond acceptors (Lipinski definition) is 8. The van der Waals surface area contributed by atoms with E-state index in [0.29, 0.717) is 22.8 Å². The highest BCUT2D eigenvalue weighted by Gasteiger charge is 2.24. The van der Waals surface area contributed by atoms with E-state index in [2.05, 4.69) is 20.3 Å². The molecule has 1 heterocycles. The number of hydrazone groups is 1. The monoisotopic (exact) mass is 602 g/mol. The summed E-state index contributed by atoms with van der Waals surface area (Å²) in [7, 11) is -4.51. The van der Waals surface area contributed by atoms with Crippen LogP contribution < -0.4 is 10.1 Å². The molecule has 0 bridgehead atoms. The minimum Gasteiger partial charge on any atom is -0.478 e. The molecule has 1 aromatic heterocycles. The zero-order chi connectivity index (χ0) is 29.0. The third-order valence-corrected chi connectivity index (χ3v) is 7.66. The van der Waals surface area contributed by atoms with Crippen LogP contribution >= 0.6 is 23.2 Å². The molecule has 40 heavy (non-hydrogen) atoms. The Hall–Kier alpha value is -4.46. The van der Waals surface area contributed by atoms with Crippen LogP contribution in [-0.2, 0) is 16.6 Å². The first-order valence-corrected chi connectivity index (χ1v) is 13.6. The molecule has 0 saturated heterocycles. The van der Waals surface area contributed by atoms with E-state index in [1.165, 1.54) is 36.5 Å². The summed E-state index contributed by atoms with van der Waals surface area (Å²) in [5.74, 6) is -1.36. The average Bonchev–Trinajstić information content (AvgIpc) is 3.17. The Morgan fingerprint density at radius 3 is 2.50 bits per heavy atom. The van der Waals surface area contributed by atoms with Gasteiger partial charge in [-0.15, -0.1) is 0 Å². The van der Waals surface area contributed by atoms with Crippen LogP contribution in [0.2, 0.25) is 10.2 Å². The molecule has 0 amide bonds. The van der Waals surface area contributed by atoms with Crippen molar-refractivity contribution in [3.63, 3.8) is 0 Å². The highest BCUT2D eigenvalue weighted by atomic mass is 35.5. The number of halogens is 2. The molecule has 15 heteroatoms. The van der Waals surface area contributed by atoms with Gasteiger partial charge in [0.2, 0.25) is 0 Å². The number of non-ortho nitro benzene ring substituents is 1. The Balaban J connectivity index is 1.63. The second kappa shape index (κ2) is 11.7. The highest BCUT2D eigenvalue weighted by Crippen LogP contribution is 2.29. The molecule has 0 spiro atoms. The van der Waals surface area contributed by atoms with Crippen LogP contribution in [0, 0.1) is 17.0 Å². The molecule has 0 atom stereocenters. The Bertz CT molecular complexity index is 1740. The third-order valence-electron chi connectivity index (χ3n) is 5.60. The molecule has 3 aromatic carbocycles.